The smallest absolute Gasteiger partial charge is 0.477 e. The van der Waals surface area contributed by atoms with Crippen LogP contribution in [0.2, 0.25) is 0 Å². The van der Waals surface area contributed by atoms with Crippen LogP contribution in [0.5, 0.6) is 5.75 Å². The second-order valence-electron chi connectivity index (χ2n) is 7.22. The van der Waals surface area contributed by atoms with Crippen molar-refractivity contribution < 1.29 is 28.5 Å². The predicted molar refractivity (Wildman–Crippen MR) is 121 cm³/mol. The number of rotatable bonds is 9. The lowest BCUT2D eigenvalue weighted by molar-refractivity contribution is -0.147. The van der Waals surface area contributed by atoms with Crippen molar-refractivity contribution >= 4 is 47.1 Å². The third-order valence-electron chi connectivity index (χ3n) is 4.27. The van der Waals surface area contributed by atoms with Crippen molar-refractivity contribution in [2.24, 2.45) is 0 Å². The number of ether oxygens (including phenoxy) is 1. The van der Waals surface area contributed by atoms with Crippen molar-refractivity contribution in [3.63, 3.8) is 0 Å². The lowest BCUT2D eigenvalue weighted by Crippen LogP contribution is -2.30. The number of carboxylic acids is 1. The van der Waals surface area contributed by atoms with Crippen molar-refractivity contribution in [1.82, 2.24) is 0 Å². The van der Waals surface area contributed by atoms with E-state index in [1.807, 2.05) is 18.2 Å². The summed E-state index contributed by atoms with van der Waals surface area (Å²) in [4.78, 5) is 23.5. The van der Waals surface area contributed by atoms with E-state index in [2.05, 4.69) is 5.32 Å². The lowest BCUT2D eigenvalue weighted by atomic mass is 10.2. The van der Waals surface area contributed by atoms with Gasteiger partial charge in [0.25, 0.3) is 0 Å². The fourth-order valence-electron chi connectivity index (χ4n) is 2.88. The predicted octanol–water partition coefficient (Wildman–Crippen LogP) is 5.67. The summed E-state index contributed by atoms with van der Waals surface area (Å²) in [5.74, 6) is -0.982. The normalized spacial score (nSPS) is 12.5. The molecule has 162 valence electrons. The molecule has 0 fully saturated rings. The van der Waals surface area contributed by atoms with Crippen molar-refractivity contribution in [3.8, 4) is 5.75 Å². The van der Waals surface area contributed by atoms with Crippen LogP contribution in [0.15, 0.2) is 48.5 Å². The average molecular weight is 460 g/mol. The fourth-order valence-corrected chi connectivity index (χ4v) is 4.70. The van der Waals surface area contributed by atoms with Gasteiger partial charge in [0.1, 0.15) is 10.9 Å². The summed E-state index contributed by atoms with van der Waals surface area (Å²) >= 11 is 1.20. The van der Waals surface area contributed by atoms with E-state index in [-0.39, 0.29) is 23.1 Å². The van der Waals surface area contributed by atoms with Crippen molar-refractivity contribution in [3.05, 3.63) is 59.0 Å². The Morgan fingerprint density at radius 1 is 1.13 bits per heavy atom. The highest BCUT2D eigenvalue weighted by molar-refractivity contribution is 7.38. The standard InChI is InChI=1S/C22H22NO6PS/c1-13(2)28-22(26)14(3)23-17-6-4-5-7-18(17)29-30(27)12-15-8-9-19-16(10-15)11-20(31-19)21(24)25/h4-11,13-14,23H,12H2,1-3H3/p+1. The molecule has 0 spiro atoms. The molecule has 2 unspecified atom stereocenters. The number of thiophene rings is 1. The average Bonchev–Trinajstić information content (AvgIpc) is 3.12. The van der Waals surface area contributed by atoms with Crippen molar-refractivity contribution in [1.29, 1.82) is 0 Å². The van der Waals surface area contributed by atoms with Gasteiger partial charge in [0, 0.05) is 10.3 Å². The number of hydrogen-bond acceptors (Lipinski definition) is 7. The SMILES string of the molecule is CC(C)OC(=O)C(C)Nc1ccccc1O[P+](=O)Cc1ccc2sc(C(=O)O)cc2c1. The molecule has 0 saturated heterocycles. The Kier molecular flexibility index (Phi) is 7.25. The third-order valence-corrected chi connectivity index (χ3v) is 6.40. The molecule has 9 heteroatoms. The first-order chi connectivity index (χ1) is 14.7. The Morgan fingerprint density at radius 2 is 1.87 bits per heavy atom. The van der Waals surface area contributed by atoms with Gasteiger partial charge in [0.2, 0.25) is 11.9 Å². The molecule has 31 heavy (non-hydrogen) atoms. The second kappa shape index (κ2) is 9.90. The van der Waals surface area contributed by atoms with E-state index < -0.39 is 20.0 Å². The van der Waals surface area contributed by atoms with Gasteiger partial charge >= 0.3 is 20.0 Å². The molecule has 0 radical (unpaired) electrons. The Bertz CT molecular complexity index is 1130. The Hall–Kier alpha value is -2.96. The second-order valence-corrected chi connectivity index (χ2v) is 9.47. The number of carboxylic acid groups (broad SMARTS) is 1. The van der Waals surface area contributed by atoms with Gasteiger partial charge < -0.3 is 15.2 Å². The number of carbonyl (C=O) groups excluding carboxylic acids is 1. The van der Waals surface area contributed by atoms with E-state index in [9.17, 15) is 14.2 Å². The summed E-state index contributed by atoms with van der Waals surface area (Å²) in [6, 6.07) is 13.4. The number of anilines is 1. The van der Waals surface area contributed by atoms with E-state index in [0.717, 1.165) is 15.6 Å². The van der Waals surface area contributed by atoms with Crippen LogP contribution in [0.25, 0.3) is 10.1 Å². The summed E-state index contributed by atoms with van der Waals surface area (Å²) in [5, 5.41) is 13.0. The molecule has 3 aromatic rings. The molecule has 3 rings (SSSR count). The van der Waals surface area contributed by atoms with Gasteiger partial charge in [0.15, 0.2) is 0 Å². The van der Waals surface area contributed by atoms with E-state index in [1.54, 1.807) is 51.1 Å². The van der Waals surface area contributed by atoms with Gasteiger partial charge in [0.05, 0.1) is 11.8 Å². The monoisotopic (exact) mass is 460 g/mol. The van der Waals surface area contributed by atoms with E-state index in [1.165, 1.54) is 11.3 Å². The summed E-state index contributed by atoms with van der Waals surface area (Å²) in [5.41, 5.74) is 1.32. The Balaban J connectivity index is 1.69. The number of nitrogens with one attached hydrogen (secondary N) is 1. The zero-order valence-corrected chi connectivity index (χ0v) is 19.0. The zero-order chi connectivity index (χ0) is 22.5. The summed E-state index contributed by atoms with van der Waals surface area (Å²) in [6.07, 6.45) is -0.0483. The fraction of sp³-hybridized carbons (Fsp3) is 0.273. The summed E-state index contributed by atoms with van der Waals surface area (Å²) < 4.78 is 24.4. The topological polar surface area (TPSA) is 102 Å². The maximum atomic E-state index is 12.7. The summed E-state index contributed by atoms with van der Waals surface area (Å²) in [7, 11) is -2.08. The van der Waals surface area contributed by atoms with Gasteiger partial charge in [-0.05, 0) is 61.1 Å². The Morgan fingerprint density at radius 3 is 2.58 bits per heavy atom. The molecular formula is C22H23NO6PS+. The number of carbonyl (C=O) groups is 2. The number of benzene rings is 2. The van der Waals surface area contributed by atoms with Crippen LogP contribution >= 0.6 is 19.4 Å². The highest BCUT2D eigenvalue weighted by atomic mass is 32.1. The van der Waals surface area contributed by atoms with Gasteiger partial charge in [-0.1, -0.05) is 18.2 Å². The van der Waals surface area contributed by atoms with Gasteiger partial charge in [-0.3, -0.25) is 4.52 Å². The Labute approximate surface area is 184 Å². The van der Waals surface area contributed by atoms with Crippen LogP contribution in [0.3, 0.4) is 0 Å². The maximum absolute atomic E-state index is 12.7. The molecule has 2 N–H and O–H groups in total. The quantitative estimate of drug-likeness (QED) is 0.313. The molecule has 0 aliphatic carbocycles. The molecule has 1 heterocycles. The minimum Gasteiger partial charge on any atom is -0.477 e. The number of hydrogen-bond donors (Lipinski definition) is 2. The molecule has 2 atom stereocenters. The number of aromatic carboxylic acids is 1. The minimum atomic E-state index is -2.08. The van der Waals surface area contributed by atoms with Crippen LogP contribution in [0.4, 0.5) is 5.69 Å². The van der Waals surface area contributed by atoms with Gasteiger partial charge in [-0.2, -0.15) is 0 Å². The minimum absolute atomic E-state index is 0.169. The molecule has 0 bridgehead atoms. The first-order valence-electron chi connectivity index (χ1n) is 9.67. The van der Waals surface area contributed by atoms with Crippen molar-refractivity contribution in [2.45, 2.75) is 39.1 Å². The number of fused-ring (bicyclic) bond motifs is 1. The maximum Gasteiger partial charge on any atom is 0.560 e. The number of esters is 1. The van der Waals surface area contributed by atoms with Gasteiger partial charge in [-0.15, -0.1) is 11.3 Å². The van der Waals surface area contributed by atoms with Crippen LogP contribution in [0.1, 0.15) is 36.0 Å². The molecular weight excluding hydrogens is 437 g/mol. The molecule has 0 saturated carbocycles. The first-order valence-corrected chi connectivity index (χ1v) is 11.9. The molecule has 7 nitrogen and oxygen atoms in total. The third kappa shape index (κ3) is 6.03. The van der Waals surface area contributed by atoms with Crippen molar-refractivity contribution in [2.75, 3.05) is 5.32 Å². The van der Waals surface area contributed by atoms with E-state index in [4.69, 9.17) is 14.4 Å². The molecule has 2 aromatic carbocycles. The van der Waals surface area contributed by atoms with Crippen LogP contribution in [-0.2, 0) is 20.3 Å². The highest BCUT2D eigenvalue weighted by Crippen LogP contribution is 2.37. The van der Waals surface area contributed by atoms with E-state index >= 15 is 0 Å². The lowest BCUT2D eigenvalue weighted by Gasteiger charge is -2.16. The molecule has 0 aliphatic heterocycles. The van der Waals surface area contributed by atoms with Crippen LogP contribution in [-0.4, -0.2) is 29.2 Å². The molecule has 0 aliphatic rings. The highest BCUT2D eigenvalue weighted by Gasteiger charge is 2.24. The summed E-state index contributed by atoms with van der Waals surface area (Å²) in [6.45, 7) is 5.24. The van der Waals surface area contributed by atoms with E-state index in [0.29, 0.717) is 11.4 Å². The van der Waals surface area contributed by atoms with Crippen LogP contribution < -0.4 is 9.84 Å². The van der Waals surface area contributed by atoms with Gasteiger partial charge in [-0.25, -0.2) is 9.59 Å². The van der Waals surface area contributed by atoms with Crippen LogP contribution in [0, 0.1) is 0 Å². The first kappa shape index (κ1) is 22.7. The molecule has 0 amide bonds. The zero-order valence-electron chi connectivity index (χ0n) is 17.3. The number of para-hydroxylation sites is 2. The largest absolute Gasteiger partial charge is 0.560 e. The molecule has 1 aromatic heterocycles.